The molecule has 0 aliphatic heterocycles. The number of ether oxygens (including phenoxy) is 4. The molecule has 1 aromatic heterocycles. The van der Waals surface area contributed by atoms with E-state index < -0.39 is 21.8 Å². The molecule has 4 aromatic rings. The average molecular weight is 620 g/mol. The van der Waals surface area contributed by atoms with E-state index in [1.807, 2.05) is 0 Å². The lowest BCUT2D eigenvalue weighted by Crippen LogP contribution is -2.30. The molecule has 1 heterocycles. The summed E-state index contributed by atoms with van der Waals surface area (Å²) in [5.74, 6) is -0.198. The molecule has 44 heavy (non-hydrogen) atoms. The molecule has 0 atom stereocenters. The van der Waals surface area contributed by atoms with E-state index in [4.69, 9.17) is 18.9 Å². The lowest BCUT2D eigenvalue weighted by molar-refractivity contribution is -0.113. The molecule has 0 fully saturated rings. The van der Waals surface area contributed by atoms with Crippen LogP contribution in [0.4, 0.5) is 11.5 Å². The second-order valence-electron chi connectivity index (χ2n) is 8.86. The largest absolute Gasteiger partial charge is 0.493 e. The first kappa shape index (κ1) is 31.3. The van der Waals surface area contributed by atoms with Gasteiger partial charge in [0, 0.05) is 17.3 Å². The van der Waals surface area contributed by atoms with Crippen LogP contribution < -0.4 is 34.3 Å². The van der Waals surface area contributed by atoms with Crippen LogP contribution in [0.1, 0.15) is 15.9 Å². The summed E-state index contributed by atoms with van der Waals surface area (Å²) in [6, 6.07) is 20.0. The van der Waals surface area contributed by atoms with Gasteiger partial charge < -0.3 is 29.6 Å². The van der Waals surface area contributed by atoms with Crippen LogP contribution in [0.15, 0.2) is 89.5 Å². The quantitative estimate of drug-likeness (QED) is 0.199. The second-order valence-corrected chi connectivity index (χ2v) is 10.5. The van der Waals surface area contributed by atoms with E-state index in [0.29, 0.717) is 22.6 Å². The second kappa shape index (κ2) is 14.0. The van der Waals surface area contributed by atoms with Crippen LogP contribution in [0.5, 0.6) is 23.4 Å². The predicted octanol–water partition coefficient (Wildman–Crippen LogP) is 3.72. The first-order chi connectivity index (χ1) is 21.1. The van der Waals surface area contributed by atoms with Gasteiger partial charge in [0.25, 0.3) is 21.8 Å². The molecule has 3 N–H and O–H groups in total. The molecule has 0 spiro atoms. The van der Waals surface area contributed by atoms with Gasteiger partial charge in [0.2, 0.25) is 5.88 Å². The fourth-order valence-electron chi connectivity index (χ4n) is 3.82. The molecule has 0 aliphatic carbocycles. The third kappa shape index (κ3) is 7.80. The Labute approximate surface area is 253 Å². The van der Waals surface area contributed by atoms with Gasteiger partial charge in [-0.3, -0.25) is 14.3 Å². The van der Waals surface area contributed by atoms with Crippen molar-refractivity contribution in [1.82, 2.24) is 15.3 Å². The highest BCUT2D eigenvalue weighted by Gasteiger charge is 2.19. The summed E-state index contributed by atoms with van der Waals surface area (Å²) in [7, 11) is 1.61. The van der Waals surface area contributed by atoms with Crippen LogP contribution in [0.2, 0.25) is 0 Å². The van der Waals surface area contributed by atoms with Crippen LogP contribution in [0.25, 0.3) is 6.08 Å². The molecular weight excluding hydrogens is 590 g/mol. The van der Waals surface area contributed by atoms with Gasteiger partial charge in [-0.1, -0.05) is 24.3 Å². The zero-order chi connectivity index (χ0) is 31.7. The summed E-state index contributed by atoms with van der Waals surface area (Å²) in [5, 5.41) is 5.33. The molecule has 0 aliphatic rings. The summed E-state index contributed by atoms with van der Waals surface area (Å²) in [4.78, 5) is 34.1. The van der Waals surface area contributed by atoms with Crippen molar-refractivity contribution in [2.24, 2.45) is 0 Å². The number of carbonyl (C=O) groups excluding carboxylic acids is 2. The number of methoxy groups -OCH3 is 4. The summed E-state index contributed by atoms with van der Waals surface area (Å²) >= 11 is 0. The zero-order valence-corrected chi connectivity index (χ0v) is 25.0. The SMILES string of the molecule is COc1cc(NS(=O)(=O)c2ccc(NC(=O)C(=Cc3ccc(OC)c(OC)c3)NC(=O)c3ccccc3)cc2)nc(OC)n1. The third-order valence-corrected chi connectivity index (χ3v) is 7.35. The molecule has 0 bridgehead atoms. The van der Waals surface area contributed by atoms with Gasteiger partial charge in [-0.2, -0.15) is 9.97 Å². The minimum Gasteiger partial charge on any atom is -0.493 e. The number of hydrogen-bond donors (Lipinski definition) is 3. The van der Waals surface area contributed by atoms with Crippen molar-refractivity contribution in [3.05, 3.63) is 95.7 Å². The topological polar surface area (TPSA) is 167 Å². The molecule has 0 saturated carbocycles. The van der Waals surface area contributed by atoms with Crippen LogP contribution in [-0.2, 0) is 14.8 Å². The van der Waals surface area contributed by atoms with E-state index in [-0.39, 0.29) is 34.0 Å². The van der Waals surface area contributed by atoms with Crippen molar-refractivity contribution in [3.8, 4) is 23.4 Å². The van der Waals surface area contributed by atoms with Crippen LogP contribution in [0, 0.1) is 0 Å². The van der Waals surface area contributed by atoms with Crippen molar-refractivity contribution >= 4 is 39.4 Å². The normalized spacial score (nSPS) is 11.2. The van der Waals surface area contributed by atoms with Gasteiger partial charge in [0.05, 0.1) is 33.3 Å². The molecule has 14 heteroatoms. The highest BCUT2D eigenvalue weighted by molar-refractivity contribution is 7.92. The van der Waals surface area contributed by atoms with Crippen molar-refractivity contribution in [2.75, 3.05) is 38.5 Å². The van der Waals surface area contributed by atoms with Crippen molar-refractivity contribution in [1.29, 1.82) is 0 Å². The Morgan fingerprint density at radius 2 is 1.48 bits per heavy atom. The van der Waals surface area contributed by atoms with Crippen LogP contribution in [-0.4, -0.2) is 58.6 Å². The van der Waals surface area contributed by atoms with Crippen molar-refractivity contribution < 1.29 is 37.0 Å². The fourth-order valence-corrected chi connectivity index (χ4v) is 4.81. The summed E-state index contributed by atoms with van der Waals surface area (Å²) in [5.41, 5.74) is 1.09. The maximum Gasteiger partial charge on any atom is 0.321 e. The number of amides is 2. The van der Waals surface area contributed by atoms with E-state index in [2.05, 4.69) is 25.3 Å². The van der Waals surface area contributed by atoms with E-state index in [1.165, 1.54) is 64.8 Å². The van der Waals surface area contributed by atoms with Gasteiger partial charge in [0.1, 0.15) is 5.70 Å². The first-order valence-corrected chi connectivity index (χ1v) is 14.4. The van der Waals surface area contributed by atoms with Gasteiger partial charge >= 0.3 is 6.01 Å². The Kier molecular flexibility index (Phi) is 9.98. The summed E-state index contributed by atoms with van der Waals surface area (Å²) in [6.45, 7) is 0. The molecule has 2 amide bonds. The van der Waals surface area contributed by atoms with E-state index in [1.54, 1.807) is 48.5 Å². The molecule has 228 valence electrons. The number of carbonyl (C=O) groups is 2. The fraction of sp³-hybridized carbons (Fsp3) is 0.133. The third-order valence-electron chi connectivity index (χ3n) is 5.98. The van der Waals surface area contributed by atoms with Gasteiger partial charge in [0.15, 0.2) is 17.3 Å². The van der Waals surface area contributed by atoms with Gasteiger partial charge in [-0.05, 0) is 60.2 Å². The van der Waals surface area contributed by atoms with Gasteiger partial charge in [-0.15, -0.1) is 0 Å². The van der Waals surface area contributed by atoms with E-state index >= 15 is 0 Å². The van der Waals surface area contributed by atoms with Crippen LogP contribution in [0.3, 0.4) is 0 Å². The molecule has 0 saturated heterocycles. The molecule has 13 nitrogen and oxygen atoms in total. The zero-order valence-electron chi connectivity index (χ0n) is 24.2. The minimum atomic E-state index is -4.08. The number of aromatic nitrogens is 2. The first-order valence-electron chi connectivity index (χ1n) is 12.9. The number of anilines is 2. The number of hydrogen-bond acceptors (Lipinski definition) is 10. The van der Waals surface area contributed by atoms with Crippen LogP contribution >= 0.6 is 0 Å². The Bertz CT molecular complexity index is 1760. The number of nitrogens with one attached hydrogen (secondary N) is 3. The average Bonchev–Trinajstić information content (AvgIpc) is 3.04. The highest BCUT2D eigenvalue weighted by atomic mass is 32.2. The summed E-state index contributed by atoms with van der Waals surface area (Å²) in [6.07, 6.45) is 1.48. The molecule has 4 rings (SSSR count). The molecular formula is C30H29N5O8S. The number of nitrogens with zero attached hydrogens (tertiary/aromatic N) is 2. The lowest BCUT2D eigenvalue weighted by atomic mass is 10.1. The summed E-state index contributed by atoms with van der Waals surface area (Å²) < 4.78 is 49.0. The lowest BCUT2D eigenvalue weighted by Gasteiger charge is -2.13. The Hall–Kier alpha value is -5.63. The maximum atomic E-state index is 13.4. The predicted molar refractivity (Wildman–Crippen MR) is 162 cm³/mol. The Balaban J connectivity index is 1.57. The van der Waals surface area contributed by atoms with E-state index in [9.17, 15) is 18.0 Å². The smallest absolute Gasteiger partial charge is 0.321 e. The molecule has 3 aromatic carbocycles. The van der Waals surface area contributed by atoms with Crippen molar-refractivity contribution in [2.45, 2.75) is 4.90 Å². The Morgan fingerprint density at radius 1 is 0.773 bits per heavy atom. The van der Waals surface area contributed by atoms with Crippen molar-refractivity contribution in [3.63, 3.8) is 0 Å². The minimum absolute atomic E-state index is 0.0646. The highest BCUT2D eigenvalue weighted by Crippen LogP contribution is 2.28. The molecule has 0 unspecified atom stereocenters. The monoisotopic (exact) mass is 619 g/mol. The molecule has 0 radical (unpaired) electrons. The van der Waals surface area contributed by atoms with E-state index in [0.717, 1.165) is 0 Å². The Morgan fingerprint density at radius 3 is 2.11 bits per heavy atom. The number of benzene rings is 3. The maximum absolute atomic E-state index is 13.4. The number of sulfonamides is 1. The number of rotatable bonds is 12. The van der Waals surface area contributed by atoms with Gasteiger partial charge in [-0.25, -0.2) is 8.42 Å². The standard InChI is InChI=1S/C30H29N5O8S/c1-40-24-15-10-19(17-25(24)41-2)16-23(32-28(36)20-8-6-5-7-9-20)29(37)31-21-11-13-22(14-12-21)44(38,39)35-26-18-27(42-3)34-30(33-26)43-4/h5-18H,1-4H3,(H,31,37)(H,32,36)(H,33,34,35).